The van der Waals surface area contributed by atoms with Crippen molar-refractivity contribution in [1.29, 1.82) is 0 Å². The van der Waals surface area contributed by atoms with Crippen molar-refractivity contribution in [3.05, 3.63) is 29.8 Å². The summed E-state index contributed by atoms with van der Waals surface area (Å²) in [4.78, 5) is 28.3. The average Bonchev–Trinajstić information content (AvgIpc) is 3.12. The maximum absolute atomic E-state index is 13.5. The number of benzene rings is 1. The van der Waals surface area contributed by atoms with Gasteiger partial charge in [-0.2, -0.15) is 0 Å². The van der Waals surface area contributed by atoms with Gasteiger partial charge < -0.3 is 15.0 Å². The zero-order chi connectivity index (χ0) is 19.9. The van der Waals surface area contributed by atoms with Gasteiger partial charge in [-0.1, -0.05) is 51.2 Å². The summed E-state index contributed by atoms with van der Waals surface area (Å²) >= 11 is 0. The van der Waals surface area contributed by atoms with E-state index in [0.29, 0.717) is 23.8 Å². The predicted molar refractivity (Wildman–Crippen MR) is 110 cm³/mol. The van der Waals surface area contributed by atoms with Crippen LogP contribution in [0.15, 0.2) is 24.3 Å². The van der Waals surface area contributed by atoms with E-state index >= 15 is 0 Å². The molecule has 2 fully saturated rings. The number of ether oxygens (including phenoxy) is 1. The van der Waals surface area contributed by atoms with E-state index in [0.717, 1.165) is 38.5 Å². The molecule has 1 N–H and O–H groups in total. The minimum absolute atomic E-state index is 0.00847. The van der Waals surface area contributed by atoms with Gasteiger partial charge in [0.15, 0.2) is 0 Å². The lowest BCUT2D eigenvalue weighted by molar-refractivity contribution is -0.125. The molecule has 3 rings (SSSR count). The molecule has 1 heterocycles. The summed E-state index contributed by atoms with van der Waals surface area (Å²) in [6.45, 7) is 2.88. The van der Waals surface area contributed by atoms with E-state index in [-0.39, 0.29) is 23.9 Å². The van der Waals surface area contributed by atoms with Crippen molar-refractivity contribution in [1.82, 2.24) is 10.2 Å². The number of methoxy groups -OCH3 is 1. The predicted octanol–water partition coefficient (Wildman–Crippen LogP) is 4.17. The van der Waals surface area contributed by atoms with Crippen LogP contribution < -0.4 is 10.1 Å². The Morgan fingerprint density at radius 2 is 1.93 bits per heavy atom. The highest BCUT2D eigenvalue weighted by atomic mass is 16.5. The van der Waals surface area contributed by atoms with Gasteiger partial charge in [-0.25, -0.2) is 0 Å². The number of nitrogens with zero attached hydrogens (tertiary/aromatic N) is 1. The molecule has 0 spiro atoms. The summed E-state index contributed by atoms with van der Waals surface area (Å²) in [6.07, 6.45) is 9.73. The van der Waals surface area contributed by atoms with Gasteiger partial charge in [-0.15, -0.1) is 0 Å². The fourth-order valence-electron chi connectivity index (χ4n) is 4.83. The summed E-state index contributed by atoms with van der Waals surface area (Å²) in [6, 6.07) is 7.14. The minimum atomic E-state index is -0.364. The van der Waals surface area contributed by atoms with Crippen LogP contribution in [0.2, 0.25) is 0 Å². The number of fused-ring (bicyclic) bond motifs is 1. The van der Waals surface area contributed by atoms with E-state index in [1.54, 1.807) is 13.2 Å². The molecule has 3 unspecified atom stereocenters. The Labute approximate surface area is 168 Å². The Bertz CT molecular complexity index is 676. The average molecular weight is 387 g/mol. The second-order valence-electron chi connectivity index (χ2n) is 8.13. The lowest BCUT2D eigenvalue weighted by atomic mass is 9.84. The molecule has 1 aromatic rings. The number of para-hydroxylation sites is 1. The van der Waals surface area contributed by atoms with Crippen molar-refractivity contribution in [2.75, 3.05) is 13.7 Å². The zero-order valence-corrected chi connectivity index (χ0v) is 17.3. The molecule has 28 heavy (non-hydrogen) atoms. The quantitative estimate of drug-likeness (QED) is 0.682. The highest BCUT2D eigenvalue weighted by Crippen LogP contribution is 2.41. The SMILES string of the molecule is CCCCCCNC(=O)C1CC2CCCCC2N1C(=O)c1ccccc1OC. The monoisotopic (exact) mass is 386 g/mol. The standard InChI is InChI=1S/C23H34N2O3/c1-3-4-5-10-15-24-22(26)20-16-17-11-6-8-13-19(17)25(20)23(27)18-12-7-9-14-21(18)28-2/h7,9,12,14,17,19-20H,3-6,8,10-11,13,15-16H2,1-2H3,(H,24,26). The van der Waals surface area contributed by atoms with Crippen LogP contribution in [0.25, 0.3) is 0 Å². The van der Waals surface area contributed by atoms with E-state index in [1.165, 1.54) is 19.3 Å². The Balaban J connectivity index is 1.76. The maximum atomic E-state index is 13.5. The van der Waals surface area contributed by atoms with Gasteiger partial charge in [-0.05, 0) is 43.7 Å². The third-order valence-corrected chi connectivity index (χ3v) is 6.29. The fourth-order valence-corrected chi connectivity index (χ4v) is 4.83. The van der Waals surface area contributed by atoms with Gasteiger partial charge in [-0.3, -0.25) is 9.59 Å². The molecule has 0 aromatic heterocycles. The first-order valence-corrected chi connectivity index (χ1v) is 10.9. The topological polar surface area (TPSA) is 58.6 Å². The zero-order valence-electron chi connectivity index (χ0n) is 17.3. The molecule has 1 aliphatic carbocycles. The van der Waals surface area contributed by atoms with E-state index in [9.17, 15) is 9.59 Å². The molecule has 1 saturated heterocycles. The molecule has 2 aliphatic rings. The number of hydrogen-bond acceptors (Lipinski definition) is 3. The number of carbonyl (C=O) groups is 2. The molecule has 1 saturated carbocycles. The van der Waals surface area contributed by atoms with Crippen molar-refractivity contribution >= 4 is 11.8 Å². The van der Waals surface area contributed by atoms with Crippen LogP contribution in [0, 0.1) is 5.92 Å². The Hall–Kier alpha value is -2.04. The highest BCUT2D eigenvalue weighted by Gasteiger charge is 2.47. The van der Waals surface area contributed by atoms with E-state index in [4.69, 9.17) is 4.74 Å². The smallest absolute Gasteiger partial charge is 0.258 e. The normalized spacial score (nSPS) is 23.9. The molecule has 5 heteroatoms. The first kappa shape index (κ1) is 20.7. The number of nitrogens with one attached hydrogen (secondary N) is 1. The number of carbonyl (C=O) groups excluding carboxylic acids is 2. The van der Waals surface area contributed by atoms with Crippen molar-refractivity contribution in [2.24, 2.45) is 5.92 Å². The van der Waals surface area contributed by atoms with E-state index in [2.05, 4.69) is 12.2 Å². The third kappa shape index (κ3) is 4.50. The van der Waals surface area contributed by atoms with Crippen LogP contribution in [0.5, 0.6) is 5.75 Å². The van der Waals surface area contributed by atoms with Crippen LogP contribution in [0.4, 0.5) is 0 Å². The molecule has 1 aromatic carbocycles. The number of rotatable bonds is 8. The van der Waals surface area contributed by atoms with Gasteiger partial charge in [0.1, 0.15) is 11.8 Å². The Morgan fingerprint density at radius 3 is 2.71 bits per heavy atom. The largest absolute Gasteiger partial charge is 0.496 e. The van der Waals surface area contributed by atoms with Gasteiger partial charge in [0.05, 0.1) is 12.7 Å². The second kappa shape index (κ2) is 9.94. The second-order valence-corrected chi connectivity index (χ2v) is 8.13. The fraction of sp³-hybridized carbons (Fsp3) is 0.652. The summed E-state index contributed by atoms with van der Waals surface area (Å²) in [5.74, 6) is 0.945. The van der Waals surface area contributed by atoms with Gasteiger partial charge in [0.2, 0.25) is 5.91 Å². The number of likely N-dealkylation sites (tertiary alicyclic amines) is 1. The van der Waals surface area contributed by atoms with Gasteiger partial charge in [0.25, 0.3) is 5.91 Å². The van der Waals surface area contributed by atoms with Gasteiger partial charge >= 0.3 is 0 Å². The maximum Gasteiger partial charge on any atom is 0.258 e. The Kier molecular flexibility index (Phi) is 7.35. The lowest BCUT2D eigenvalue weighted by Crippen LogP contribution is -2.49. The molecule has 3 atom stereocenters. The van der Waals surface area contributed by atoms with Crippen molar-refractivity contribution in [2.45, 2.75) is 76.8 Å². The molecule has 1 aliphatic heterocycles. The van der Waals surface area contributed by atoms with Crippen LogP contribution in [-0.4, -0.2) is 42.5 Å². The number of unbranched alkanes of at least 4 members (excludes halogenated alkanes) is 3. The summed E-state index contributed by atoms with van der Waals surface area (Å²) < 4.78 is 5.41. The first-order chi connectivity index (χ1) is 13.7. The van der Waals surface area contributed by atoms with Crippen molar-refractivity contribution in [3.63, 3.8) is 0 Å². The number of amides is 2. The summed E-state index contributed by atoms with van der Waals surface area (Å²) in [7, 11) is 1.58. The van der Waals surface area contributed by atoms with Crippen molar-refractivity contribution in [3.8, 4) is 5.75 Å². The Morgan fingerprint density at radius 1 is 1.14 bits per heavy atom. The summed E-state index contributed by atoms with van der Waals surface area (Å²) in [5, 5.41) is 3.09. The van der Waals surface area contributed by atoms with Crippen LogP contribution in [-0.2, 0) is 4.79 Å². The van der Waals surface area contributed by atoms with Crippen molar-refractivity contribution < 1.29 is 14.3 Å². The third-order valence-electron chi connectivity index (χ3n) is 6.29. The van der Waals surface area contributed by atoms with E-state index in [1.807, 2.05) is 23.1 Å². The molecule has 2 amide bonds. The highest BCUT2D eigenvalue weighted by molar-refractivity contribution is 6.00. The van der Waals surface area contributed by atoms with Crippen LogP contribution in [0.1, 0.15) is 75.1 Å². The number of hydrogen-bond donors (Lipinski definition) is 1. The van der Waals surface area contributed by atoms with Crippen LogP contribution in [0.3, 0.4) is 0 Å². The first-order valence-electron chi connectivity index (χ1n) is 10.9. The lowest BCUT2D eigenvalue weighted by Gasteiger charge is -2.34. The molecule has 0 bridgehead atoms. The molecular weight excluding hydrogens is 352 g/mol. The molecule has 154 valence electrons. The molecule has 5 nitrogen and oxygen atoms in total. The molecule has 0 radical (unpaired) electrons. The van der Waals surface area contributed by atoms with Crippen LogP contribution >= 0.6 is 0 Å². The minimum Gasteiger partial charge on any atom is -0.496 e. The van der Waals surface area contributed by atoms with Gasteiger partial charge in [0, 0.05) is 12.6 Å². The van der Waals surface area contributed by atoms with E-state index < -0.39 is 0 Å². The summed E-state index contributed by atoms with van der Waals surface area (Å²) in [5.41, 5.74) is 0.553. The molecular formula is C23H34N2O3.